The smallest absolute Gasteiger partial charge is 0.269 e. The number of nitrogens with one attached hydrogen (secondary N) is 1. The minimum absolute atomic E-state index is 0.318. The number of nitrogens with zero attached hydrogens (tertiary/aromatic N) is 2. The largest absolute Gasteiger partial charge is 0.497 e. The second-order valence-corrected chi connectivity index (χ2v) is 9.36. The summed E-state index contributed by atoms with van der Waals surface area (Å²) in [6.45, 7) is 0. The number of thiophene rings is 1. The molecule has 2 aromatic carbocycles. The van der Waals surface area contributed by atoms with Crippen LogP contribution in [0.5, 0.6) is 5.75 Å². The zero-order valence-electron chi connectivity index (χ0n) is 17.3. The SMILES string of the molecule is COc1ccc(-c2ccc3c(N)c(C(=O)Nc4nc(-c5ccccc5Cl)cs4)sc3n2)cc1. The number of methoxy groups -OCH3 is 1. The van der Waals surface area contributed by atoms with Crippen LogP contribution in [0.25, 0.3) is 32.7 Å². The maximum absolute atomic E-state index is 13.0. The quantitative estimate of drug-likeness (QED) is 0.289. The fourth-order valence-corrected chi connectivity index (χ4v) is 5.29. The molecule has 3 aromatic heterocycles. The van der Waals surface area contributed by atoms with Crippen LogP contribution in [0.1, 0.15) is 9.67 Å². The highest BCUT2D eigenvalue weighted by Gasteiger charge is 2.19. The van der Waals surface area contributed by atoms with Gasteiger partial charge in [-0.25, -0.2) is 9.97 Å². The van der Waals surface area contributed by atoms with Crippen LogP contribution in [0, 0.1) is 0 Å². The molecule has 9 heteroatoms. The molecule has 0 saturated carbocycles. The van der Waals surface area contributed by atoms with Crippen LogP contribution in [-0.2, 0) is 0 Å². The lowest BCUT2D eigenvalue weighted by atomic mass is 10.1. The van der Waals surface area contributed by atoms with Crippen molar-refractivity contribution in [3.8, 4) is 28.3 Å². The Kier molecular flexibility index (Phi) is 5.72. The third kappa shape index (κ3) is 4.16. The molecule has 0 fully saturated rings. The molecule has 3 N–H and O–H groups in total. The molecule has 0 spiro atoms. The molecule has 164 valence electrons. The van der Waals surface area contributed by atoms with Gasteiger partial charge in [-0.05, 0) is 42.5 Å². The molecular weight excluding hydrogens is 476 g/mol. The first kappa shape index (κ1) is 21.4. The Labute approximate surface area is 202 Å². The van der Waals surface area contributed by atoms with Gasteiger partial charge in [0.1, 0.15) is 15.5 Å². The number of anilines is 2. The summed E-state index contributed by atoms with van der Waals surface area (Å²) in [5, 5.41) is 6.52. The topological polar surface area (TPSA) is 90.1 Å². The van der Waals surface area contributed by atoms with Crippen LogP contribution in [-0.4, -0.2) is 23.0 Å². The van der Waals surface area contributed by atoms with Gasteiger partial charge in [0.15, 0.2) is 5.13 Å². The Hall–Kier alpha value is -3.46. The number of hydrogen-bond acceptors (Lipinski definition) is 7. The highest BCUT2D eigenvalue weighted by atomic mass is 35.5. The van der Waals surface area contributed by atoms with E-state index in [1.807, 2.05) is 60.0 Å². The summed E-state index contributed by atoms with van der Waals surface area (Å²) in [5.41, 5.74) is 9.96. The fourth-order valence-electron chi connectivity index (χ4n) is 3.37. The van der Waals surface area contributed by atoms with Crippen molar-refractivity contribution >= 4 is 61.2 Å². The Balaban J connectivity index is 1.41. The van der Waals surface area contributed by atoms with E-state index < -0.39 is 0 Å². The van der Waals surface area contributed by atoms with Crippen molar-refractivity contribution in [2.75, 3.05) is 18.2 Å². The van der Waals surface area contributed by atoms with Crippen molar-refractivity contribution in [2.24, 2.45) is 0 Å². The van der Waals surface area contributed by atoms with Crippen molar-refractivity contribution in [3.05, 3.63) is 75.9 Å². The van der Waals surface area contributed by atoms with Gasteiger partial charge in [-0.2, -0.15) is 0 Å². The number of ether oxygens (including phenoxy) is 1. The Morgan fingerprint density at radius 3 is 2.58 bits per heavy atom. The summed E-state index contributed by atoms with van der Waals surface area (Å²) < 4.78 is 5.21. The molecule has 1 amide bonds. The Bertz CT molecular complexity index is 1480. The predicted molar refractivity (Wildman–Crippen MR) is 137 cm³/mol. The molecule has 0 aliphatic carbocycles. The molecule has 33 heavy (non-hydrogen) atoms. The third-order valence-electron chi connectivity index (χ3n) is 5.06. The van der Waals surface area contributed by atoms with Crippen LogP contribution < -0.4 is 15.8 Å². The number of thiazole rings is 1. The second kappa shape index (κ2) is 8.82. The van der Waals surface area contributed by atoms with Gasteiger partial charge in [0.25, 0.3) is 5.91 Å². The van der Waals surface area contributed by atoms with Crippen molar-refractivity contribution in [3.63, 3.8) is 0 Å². The van der Waals surface area contributed by atoms with Crippen molar-refractivity contribution < 1.29 is 9.53 Å². The zero-order valence-corrected chi connectivity index (χ0v) is 19.7. The summed E-state index contributed by atoms with van der Waals surface area (Å²) in [7, 11) is 1.63. The van der Waals surface area contributed by atoms with E-state index in [-0.39, 0.29) is 5.91 Å². The molecule has 3 heterocycles. The maximum Gasteiger partial charge on any atom is 0.269 e. The number of carbonyl (C=O) groups excluding carboxylic acids is 1. The molecule has 0 aliphatic rings. The fraction of sp³-hybridized carbons (Fsp3) is 0.0417. The lowest BCUT2D eigenvalue weighted by Crippen LogP contribution is -2.11. The number of halogens is 1. The third-order valence-corrected chi connectivity index (χ3v) is 7.26. The second-order valence-electron chi connectivity index (χ2n) is 7.09. The number of hydrogen-bond donors (Lipinski definition) is 2. The highest BCUT2D eigenvalue weighted by molar-refractivity contribution is 7.21. The number of aromatic nitrogens is 2. The standard InChI is InChI=1S/C24H17ClN4O2S2/c1-31-14-8-6-13(7-9-14)18-11-10-16-20(26)21(33-23(16)27-18)22(30)29-24-28-19(12-32-24)15-4-2-3-5-17(15)25/h2-12H,26H2,1H3,(H,28,29,30). The molecule has 0 unspecified atom stereocenters. The van der Waals surface area contributed by atoms with Gasteiger partial charge in [0, 0.05) is 26.9 Å². The van der Waals surface area contributed by atoms with Gasteiger partial charge < -0.3 is 10.5 Å². The first-order valence-corrected chi connectivity index (χ1v) is 12.0. The molecule has 0 aliphatic heterocycles. The summed E-state index contributed by atoms with van der Waals surface area (Å²) >= 11 is 8.84. The van der Waals surface area contributed by atoms with E-state index in [9.17, 15) is 4.79 Å². The van der Waals surface area contributed by atoms with E-state index in [4.69, 9.17) is 27.1 Å². The molecule has 0 radical (unpaired) electrons. The first-order valence-electron chi connectivity index (χ1n) is 9.88. The molecule has 0 atom stereocenters. The van der Waals surface area contributed by atoms with E-state index in [2.05, 4.69) is 10.3 Å². The van der Waals surface area contributed by atoms with Gasteiger partial charge >= 0.3 is 0 Å². The molecule has 5 rings (SSSR count). The van der Waals surface area contributed by atoms with E-state index in [1.165, 1.54) is 22.7 Å². The number of pyridine rings is 1. The first-order chi connectivity index (χ1) is 16.0. The summed E-state index contributed by atoms with van der Waals surface area (Å²) in [6.07, 6.45) is 0. The van der Waals surface area contributed by atoms with Crippen LogP contribution in [0.4, 0.5) is 10.8 Å². The molecule has 0 saturated heterocycles. The van der Waals surface area contributed by atoms with Crippen LogP contribution in [0.3, 0.4) is 0 Å². The number of fused-ring (bicyclic) bond motifs is 1. The minimum Gasteiger partial charge on any atom is -0.497 e. The van der Waals surface area contributed by atoms with Crippen molar-refractivity contribution in [1.82, 2.24) is 9.97 Å². The normalized spacial score (nSPS) is 11.0. The summed E-state index contributed by atoms with van der Waals surface area (Å²) in [6, 6.07) is 18.9. The number of benzene rings is 2. The van der Waals surface area contributed by atoms with Gasteiger partial charge in [0.2, 0.25) is 0 Å². The lowest BCUT2D eigenvalue weighted by molar-refractivity contribution is 0.103. The number of carbonyl (C=O) groups is 1. The number of amides is 1. The van der Waals surface area contributed by atoms with Crippen molar-refractivity contribution in [2.45, 2.75) is 0 Å². The number of nitrogen functional groups attached to an aromatic ring is 1. The van der Waals surface area contributed by atoms with E-state index in [0.717, 1.165) is 28.0 Å². The molecule has 5 aromatic rings. The van der Waals surface area contributed by atoms with Gasteiger partial charge in [0.05, 0.1) is 24.2 Å². The van der Waals surface area contributed by atoms with Gasteiger partial charge in [-0.15, -0.1) is 22.7 Å². The minimum atomic E-state index is -0.318. The monoisotopic (exact) mass is 492 g/mol. The summed E-state index contributed by atoms with van der Waals surface area (Å²) in [4.78, 5) is 23.3. The Morgan fingerprint density at radius 1 is 1.03 bits per heavy atom. The van der Waals surface area contributed by atoms with E-state index in [0.29, 0.717) is 31.2 Å². The lowest BCUT2D eigenvalue weighted by Gasteiger charge is -2.03. The molecular formula is C24H17ClN4O2S2. The highest BCUT2D eigenvalue weighted by Crippen LogP contribution is 2.36. The van der Waals surface area contributed by atoms with Crippen LogP contribution in [0.2, 0.25) is 5.02 Å². The van der Waals surface area contributed by atoms with Crippen LogP contribution in [0.15, 0.2) is 66.0 Å². The van der Waals surface area contributed by atoms with Crippen LogP contribution >= 0.6 is 34.3 Å². The number of nitrogens with two attached hydrogens (primary N) is 1. The molecule has 6 nitrogen and oxygen atoms in total. The van der Waals surface area contributed by atoms with E-state index >= 15 is 0 Å². The maximum atomic E-state index is 13.0. The molecule has 0 bridgehead atoms. The van der Waals surface area contributed by atoms with Crippen molar-refractivity contribution in [1.29, 1.82) is 0 Å². The predicted octanol–water partition coefficient (Wildman–Crippen LogP) is 6.58. The average Bonchev–Trinajstić information content (AvgIpc) is 3.43. The summed E-state index contributed by atoms with van der Waals surface area (Å²) in [5.74, 6) is 0.459. The van der Waals surface area contributed by atoms with Gasteiger partial charge in [-0.1, -0.05) is 29.8 Å². The number of rotatable bonds is 5. The van der Waals surface area contributed by atoms with E-state index in [1.54, 1.807) is 13.2 Å². The van der Waals surface area contributed by atoms with Gasteiger partial charge in [-0.3, -0.25) is 10.1 Å². The zero-order chi connectivity index (χ0) is 22.9. The average molecular weight is 493 g/mol. The Morgan fingerprint density at radius 2 is 1.82 bits per heavy atom.